The van der Waals surface area contributed by atoms with Crippen LogP contribution < -0.4 is 20.1 Å². The van der Waals surface area contributed by atoms with Crippen LogP contribution in [-0.4, -0.2) is 119 Å². The molecule has 3 amide bonds. The maximum Gasteiger partial charge on any atom is 0.264 e. The van der Waals surface area contributed by atoms with E-state index in [2.05, 4.69) is 53.4 Å². The van der Waals surface area contributed by atoms with Gasteiger partial charge < -0.3 is 54.9 Å². The molecule has 3 fully saturated rings. The van der Waals surface area contributed by atoms with Gasteiger partial charge in [-0.25, -0.2) is 0 Å². The normalized spacial score (nSPS) is 31.2. The molecule has 306 valence electrons. The molecule has 0 unspecified atom stereocenters. The average Bonchev–Trinajstić information content (AvgIpc) is 3.86. The van der Waals surface area contributed by atoms with Crippen LogP contribution in [0.5, 0.6) is 5.75 Å². The molecule has 3 aromatic rings. The SMILES string of the molecule is COc1ccc([Si](C)(C)[C@@H]2[C@@H](CC(=O)N3CCC[C@H]3CO)O[C@]3(C(=O)N(Cc4ccc(NC(=O)[C@H]5O[C@@H](O)[C@H](O)[C@@H](O)[C@@H]5O)cc4)c4ccc(Br)cc43)[C@H]2C)cc1. The summed E-state index contributed by atoms with van der Waals surface area (Å²) in [7, 11) is -0.900. The number of methoxy groups -OCH3 is 1. The highest BCUT2D eigenvalue weighted by atomic mass is 79.9. The first kappa shape index (κ1) is 41.4. The Balaban J connectivity index is 1.18. The lowest BCUT2D eigenvalue weighted by Gasteiger charge is -2.37. The minimum atomic E-state index is -2.52. The Hall–Kier alpha value is -3.71. The van der Waals surface area contributed by atoms with E-state index >= 15 is 4.79 Å². The zero-order valence-electron chi connectivity index (χ0n) is 32.2. The van der Waals surface area contributed by atoms with Crippen LogP contribution in [0.1, 0.15) is 37.3 Å². The van der Waals surface area contributed by atoms with Gasteiger partial charge in [0.25, 0.3) is 11.8 Å². The zero-order valence-corrected chi connectivity index (χ0v) is 34.8. The molecule has 0 aromatic heterocycles. The van der Waals surface area contributed by atoms with Gasteiger partial charge in [-0.3, -0.25) is 14.4 Å². The number of amides is 3. The maximum atomic E-state index is 15.2. The van der Waals surface area contributed by atoms with Gasteiger partial charge >= 0.3 is 0 Å². The topological polar surface area (TPSA) is 199 Å². The van der Waals surface area contributed by atoms with Crippen molar-refractivity contribution in [2.75, 3.05) is 30.5 Å². The first-order valence-electron chi connectivity index (χ1n) is 19.2. The van der Waals surface area contributed by atoms with E-state index in [-0.39, 0.29) is 48.9 Å². The summed E-state index contributed by atoms with van der Waals surface area (Å²) in [6.45, 7) is 7.22. The molecule has 4 aliphatic heterocycles. The lowest BCUT2D eigenvalue weighted by molar-refractivity contribution is -0.274. The molecule has 3 aromatic carbocycles. The Kier molecular flexibility index (Phi) is 11.7. The summed E-state index contributed by atoms with van der Waals surface area (Å²) >= 11 is 3.64. The number of aliphatic hydroxyl groups is 5. The number of ether oxygens (including phenoxy) is 3. The van der Waals surface area contributed by atoms with Crippen LogP contribution in [0.2, 0.25) is 18.6 Å². The van der Waals surface area contributed by atoms with Crippen molar-refractivity contribution in [2.24, 2.45) is 5.92 Å². The molecular weight excluding hydrogens is 818 g/mol. The second-order valence-corrected chi connectivity index (χ2v) is 21.7. The molecule has 6 N–H and O–H groups in total. The highest BCUT2D eigenvalue weighted by Gasteiger charge is 2.66. The number of benzene rings is 3. The minimum Gasteiger partial charge on any atom is -0.497 e. The molecular formula is C41H50BrN3O11Si. The van der Waals surface area contributed by atoms with Crippen molar-refractivity contribution in [3.05, 3.63) is 82.3 Å². The number of hydrogen-bond donors (Lipinski definition) is 6. The zero-order chi connectivity index (χ0) is 41.0. The summed E-state index contributed by atoms with van der Waals surface area (Å²) in [6.07, 6.45) is -7.77. The van der Waals surface area contributed by atoms with E-state index in [0.717, 1.165) is 33.8 Å². The number of carbonyl (C=O) groups is 3. The Morgan fingerprint density at radius 1 is 1.00 bits per heavy atom. The average molecular weight is 869 g/mol. The number of halogens is 1. The molecule has 1 spiro atoms. The van der Waals surface area contributed by atoms with Crippen molar-refractivity contribution in [3.63, 3.8) is 0 Å². The number of nitrogens with zero attached hydrogens (tertiary/aromatic N) is 2. The van der Waals surface area contributed by atoms with Crippen molar-refractivity contribution in [3.8, 4) is 5.75 Å². The van der Waals surface area contributed by atoms with Gasteiger partial charge in [-0.15, -0.1) is 0 Å². The quantitative estimate of drug-likeness (QED) is 0.164. The molecule has 0 saturated carbocycles. The van der Waals surface area contributed by atoms with Gasteiger partial charge in [0.05, 0.1) is 52.6 Å². The second-order valence-electron chi connectivity index (χ2n) is 16.1. The summed E-state index contributed by atoms with van der Waals surface area (Å²) in [6, 6.07) is 20.2. The van der Waals surface area contributed by atoms with E-state index in [1.165, 1.54) is 0 Å². The Bertz CT molecular complexity index is 1990. The smallest absolute Gasteiger partial charge is 0.264 e. The van der Waals surface area contributed by atoms with Gasteiger partial charge in [-0.2, -0.15) is 0 Å². The highest BCUT2D eigenvalue weighted by Crippen LogP contribution is 2.60. The standard InChI is InChI=1S/C41H50BrN3O11Si/c1-22-37(57(3,4)28-14-12-27(54-2)13-15-28)31(19-32(47)44-17-5-6-26(44)21-46)56-41(22)29-18-24(42)9-16-30(29)45(40(41)53)20-23-7-10-25(11-8-23)43-38(51)36-34(49)33(48)35(50)39(52)55-36/h7-16,18,22,26,31,33-37,39,46,48-50,52H,5-6,17,19-21H2,1-4H3,(H,43,51)/t22-,26-,31+,33-,34-,35+,36-,37-,39+,41+/m0/s1. The summed E-state index contributed by atoms with van der Waals surface area (Å²) < 4.78 is 18.4. The Morgan fingerprint density at radius 2 is 1.70 bits per heavy atom. The summed E-state index contributed by atoms with van der Waals surface area (Å²) in [5.74, 6) is -0.769. The number of nitrogens with one attached hydrogen (secondary N) is 1. The fourth-order valence-electron chi connectivity index (χ4n) is 9.45. The van der Waals surface area contributed by atoms with Crippen LogP contribution in [0.3, 0.4) is 0 Å². The van der Waals surface area contributed by atoms with Gasteiger partial charge in [0.15, 0.2) is 18.0 Å². The van der Waals surface area contributed by atoms with Gasteiger partial charge in [0, 0.05) is 28.2 Å². The molecule has 3 saturated heterocycles. The minimum absolute atomic E-state index is 0.0745. The molecule has 0 aliphatic carbocycles. The lowest BCUT2D eigenvalue weighted by atomic mass is 9.82. The lowest BCUT2D eigenvalue weighted by Crippen LogP contribution is -2.60. The number of likely N-dealkylation sites (tertiary alicyclic amines) is 1. The number of carbonyl (C=O) groups excluding carboxylic acids is 3. The van der Waals surface area contributed by atoms with Crippen LogP contribution in [0.4, 0.5) is 11.4 Å². The van der Waals surface area contributed by atoms with Crippen molar-refractivity contribution in [1.29, 1.82) is 0 Å². The number of hydrogen-bond acceptors (Lipinski definition) is 11. The van der Waals surface area contributed by atoms with E-state index in [0.29, 0.717) is 23.5 Å². The predicted molar refractivity (Wildman–Crippen MR) is 215 cm³/mol. The van der Waals surface area contributed by atoms with E-state index in [1.54, 1.807) is 41.2 Å². The third-order valence-corrected chi connectivity index (χ3v) is 17.3. The number of anilines is 2. The van der Waals surface area contributed by atoms with Crippen LogP contribution in [-0.2, 0) is 36.0 Å². The highest BCUT2D eigenvalue weighted by molar-refractivity contribution is 9.10. The summed E-state index contributed by atoms with van der Waals surface area (Å²) in [5, 5.41) is 53.7. The number of aliphatic hydroxyl groups excluding tert-OH is 5. The maximum absolute atomic E-state index is 15.2. The number of rotatable bonds is 10. The largest absolute Gasteiger partial charge is 0.497 e. The van der Waals surface area contributed by atoms with E-state index < -0.39 is 56.4 Å². The first-order chi connectivity index (χ1) is 27.1. The first-order valence-corrected chi connectivity index (χ1v) is 23.1. The molecule has 0 radical (unpaired) electrons. The number of fused-ring (bicyclic) bond motifs is 2. The Morgan fingerprint density at radius 3 is 2.37 bits per heavy atom. The van der Waals surface area contributed by atoms with Gasteiger partial charge in [0.1, 0.15) is 24.1 Å². The van der Waals surface area contributed by atoms with Crippen LogP contribution >= 0.6 is 15.9 Å². The molecule has 16 heteroatoms. The fraction of sp³-hybridized carbons (Fsp3) is 0.488. The molecule has 0 bridgehead atoms. The monoisotopic (exact) mass is 867 g/mol. The van der Waals surface area contributed by atoms with Gasteiger partial charge in [-0.1, -0.05) is 65.4 Å². The molecule has 10 atom stereocenters. The van der Waals surface area contributed by atoms with Crippen molar-refractivity contribution in [2.45, 2.75) is 99.8 Å². The molecule has 4 aliphatic rings. The van der Waals surface area contributed by atoms with Gasteiger partial charge in [-0.05, 0) is 66.4 Å². The molecule has 57 heavy (non-hydrogen) atoms. The van der Waals surface area contributed by atoms with Crippen LogP contribution in [0.15, 0.2) is 71.2 Å². The van der Waals surface area contributed by atoms with Crippen molar-refractivity contribution in [1.82, 2.24) is 4.90 Å². The van der Waals surface area contributed by atoms with Crippen LogP contribution in [0, 0.1) is 5.92 Å². The summed E-state index contributed by atoms with van der Waals surface area (Å²) in [5.41, 5.74) is 0.905. The Labute approximate surface area is 340 Å². The van der Waals surface area contributed by atoms with Crippen molar-refractivity contribution >= 4 is 58.3 Å². The molecule has 7 rings (SSSR count). The van der Waals surface area contributed by atoms with Gasteiger partial charge in [0.2, 0.25) is 5.91 Å². The third kappa shape index (κ3) is 7.33. The van der Waals surface area contributed by atoms with E-state index in [4.69, 9.17) is 14.2 Å². The summed E-state index contributed by atoms with van der Waals surface area (Å²) in [4.78, 5) is 45.6. The van der Waals surface area contributed by atoms with Crippen molar-refractivity contribution < 1.29 is 54.1 Å². The molecule has 4 heterocycles. The van der Waals surface area contributed by atoms with Crippen LogP contribution in [0.25, 0.3) is 0 Å². The van der Waals surface area contributed by atoms with E-state index in [9.17, 15) is 35.1 Å². The molecule has 14 nitrogen and oxygen atoms in total. The third-order valence-electron chi connectivity index (χ3n) is 12.5. The predicted octanol–water partition coefficient (Wildman–Crippen LogP) is 2.33. The second kappa shape index (κ2) is 16.1. The fourth-order valence-corrected chi connectivity index (χ4v) is 13.8. The van der Waals surface area contributed by atoms with E-state index in [1.807, 2.05) is 30.3 Å².